The number of nitrogens with one attached hydrogen (secondary N) is 1. The van der Waals surface area contributed by atoms with Crippen LogP contribution in [0.25, 0.3) is 0 Å². The molecule has 0 amide bonds. The Morgan fingerprint density at radius 3 is 2.86 bits per heavy atom. The van der Waals surface area contributed by atoms with Crippen molar-refractivity contribution in [1.29, 1.82) is 0 Å². The minimum absolute atomic E-state index is 0.0446. The van der Waals surface area contributed by atoms with Crippen molar-refractivity contribution in [3.63, 3.8) is 0 Å². The predicted octanol–water partition coefficient (Wildman–Crippen LogP) is 3.22. The minimum atomic E-state index is -0.512. The van der Waals surface area contributed by atoms with Crippen molar-refractivity contribution in [2.75, 3.05) is 11.9 Å². The fraction of sp³-hybridized carbons (Fsp3) is 0.500. The number of carbonyl (C=O) groups excluding carboxylic acids is 1. The Labute approximate surface area is 127 Å². The van der Waals surface area contributed by atoms with Crippen molar-refractivity contribution in [3.05, 3.63) is 28.0 Å². The molecule has 2 aromatic rings. The zero-order valence-electron chi connectivity index (χ0n) is 12.6. The Hall–Kier alpha value is -1.89. The van der Waals surface area contributed by atoms with Crippen molar-refractivity contribution in [2.45, 2.75) is 39.7 Å². The average Bonchev–Trinajstić information content (AvgIpc) is 3.05. The van der Waals surface area contributed by atoms with Crippen LogP contribution in [0.1, 0.15) is 49.0 Å². The summed E-state index contributed by atoms with van der Waals surface area (Å²) in [5, 5.41) is 6.09. The lowest BCUT2D eigenvalue weighted by Crippen LogP contribution is -2.11. The van der Waals surface area contributed by atoms with E-state index in [0.717, 1.165) is 10.7 Å². The van der Waals surface area contributed by atoms with Gasteiger partial charge in [0.05, 0.1) is 30.1 Å². The number of rotatable bonds is 5. The van der Waals surface area contributed by atoms with E-state index < -0.39 is 5.97 Å². The fourth-order valence-electron chi connectivity index (χ4n) is 1.55. The SMILES string of the molecule is CCOC(=O)c1cnc(NCc2csc(C(C)(C)C)n2)o1. The lowest BCUT2D eigenvalue weighted by Gasteiger charge is -2.13. The third kappa shape index (κ3) is 4.04. The second-order valence-corrected chi connectivity index (χ2v) is 6.36. The molecule has 0 saturated heterocycles. The van der Waals surface area contributed by atoms with Crippen LogP contribution in [0.15, 0.2) is 16.0 Å². The summed E-state index contributed by atoms with van der Waals surface area (Å²) in [6.45, 7) is 8.92. The minimum Gasteiger partial charge on any atom is -0.460 e. The first-order valence-electron chi connectivity index (χ1n) is 6.72. The van der Waals surface area contributed by atoms with E-state index in [4.69, 9.17) is 9.15 Å². The van der Waals surface area contributed by atoms with Crippen LogP contribution < -0.4 is 5.32 Å². The van der Waals surface area contributed by atoms with E-state index in [2.05, 4.69) is 36.1 Å². The summed E-state index contributed by atoms with van der Waals surface area (Å²) in [6, 6.07) is 0.281. The van der Waals surface area contributed by atoms with Gasteiger partial charge >= 0.3 is 5.97 Å². The molecule has 0 fully saturated rings. The fourth-order valence-corrected chi connectivity index (χ4v) is 2.46. The van der Waals surface area contributed by atoms with Gasteiger partial charge in [-0.25, -0.2) is 14.8 Å². The maximum absolute atomic E-state index is 11.5. The summed E-state index contributed by atoms with van der Waals surface area (Å²) in [4.78, 5) is 20.0. The topological polar surface area (TPSA) is 77.2 Å². The average molecular weight is 309 g/mol. The van der Waals surface area contributed by atoms with E-state index in [9.17, 15) is 4.79 Å². The number of aromatic nitrogens is 2. The Balaban J connectivity index is 1.94. The number of oxazole rings is 1. The van der Waals surface area contributed by atoms with Crippen molar-refractivity contribution in [3.8, 4) is 0 Å². The molecular weight excluding hydrogens is 290 g/mol. The zero-order chi connectivity index (χ0) is 15.5. The third-order valence-electron chi connectivity index (χ3n) is 2.60. The number of thiazole rings is 1. The second-order valence-electron chi connectivity index (χ2n) is 5.50. The Morgan fingerprint density at radius 2 is 2.24 bits per heavy atom. The highest BCUT2D eigenvalue weighted by Crippen LogP contribution is 2.25. The van der Waals surface area contributed by atoms with E-state index in [1.54, 1.807) is 18.3 Å². The summed E-state index contributed by atoms with van der Waals surface area (Å²) in [7, 11) is 0. The summed E-state index contributed by atoms with van der Waals surface area (Å²) in [5.41, 5.74) is 0.962. The molecule has 21 heavy (non-hydrogen) atoms. The molecule has 2 heterocycles. The Morgan fingerprint density at radius 1 is 1.48 bits per heavy atom. The molecule has 0 spiro atoms. The van der Waals surface area contributed by atoms with Crippen LogP contribution in [-0.4, -0.2) is 22.5 Å². The van der Waals surface area contributed by atoms with Crippen LogP contribution >= 0.6 is 11.3 Å². The molecule has 2 aromatic heterocycles. The van der Waals surface area contributed by atoms with Crippen LogP contribution in [0.3, 0.4) is 0 Å². The monoisotopic (exact) mass is 309 g/mol. The second kappa shape index (κ2) is 6.26. The van der Waals surface area contributed by atoms with Crippen LogP contribution in [0.5, 0.6) is 0 Å². The highest BCUT2D eigenvalue weighted by atomic mass is 32.1. The van der Waals surface area contributed by atoms with Gasteiger partial charge in [-0.3, -0.25) is 0 Å². The molecule has 0 bridgehead atoms. The number of anilines is 1. The molecule has 0 aliphatic carbocycles. The summed E-state index contributed by atoms with van der Waals surface area (Å²) in [5.74, 6) is -0.422. The molecule has 1 N–H and O–H groups in total. The van der Waals surface area contributed by atoms with Gasteiger partial charge in [0.15, 0.2) is 0 Å². The van der Waals surface area contributed by atoms with Crippen molar-refractivity contribution in [1.82, 2.24) is 9.97 Å². The van der Waals surface area contributed by atoms with E-state index in [1.165, 1.54) is 6.20 Å². The number of nitrogens with zero attached hydrogens (tertiary/aromatic N) is 2. The van der Waals surface area contributed by atoms with E-state index in [-0.39, 0.29) is 17.2 Å². The van der Waals surface area contributed by atoms with Gasteiger partial charge in [-0.15, -0.1) is 11.3 Å². The van der Waals surface area contributed by atoms with Crippen LogP contribution in [0.2, 0.25) is 0 Å². The summed E-state index contributed by atoms with van der Waals surface area (Å²) in [6.07, 6.45) is 1.35. The summed E-state index contributed by atoms with van der Waals surface area (Å²) >= 11 is 1.63. The molecular formula is C14H19N3O3S. The van der Waals surface area contributed by atoms with Gasteiger partial charge in [-0.1, -0.05) is 20.8 Å². The first kappa shape index (κ1) is 15.5. The van der Waals surface area contributed by atoms with Crippen molar-refractivity contribution >= 4 is 23.3 Å². The molecule has 0 aliphatic rings. The number of esters is 1. The van der Waals surface area contributed by atoms with Crippen molar-refractivity contribution in [2.24, 2.45) is 0 Å². The van der Waals surface area contributed by atoms with Gasteiger partial charge < -0.3 is 14.5 Å². The standard InChI is InChI=1S/C14H19N3O3S/c1-5-19-11(18)10-7-16-13(20-10)15-6-9-8-21-12(17-9)14(2,3)4/h7-8H,5-6H2,1-4H3,(H,15,16). The smallest absolute Gasteiger partial charge is 0.376 e. The highest BCUT2D eigenvalue weighted by Gasteiger charge is 2.18. The lowest BCUT2D eigenvalue weighted by atomic mass is 9.98. The van der Waals surface area contributed by atoms with E-state index >= 15 is 0 Å². The van der Waals surface area contributed by atoms with Gasteiger partial charge in [-0.05, 0) is 6.92 Å². The predicted molar refractivity (Wildman–Crippen MR) is 80.6 cm³/mol. The van der Waals surface area contributed by atoms with E-state index in [1.807, 2.05) is 5.38 Å². The van der Waals surface area contributed by atoms with Crippen LogP contribution in [0.4, 0.5) is 6.01 Å². The molecule has 114 valence electrons. The van der Waals surface area contributed by atoms with Gasteiger partial charge in [0.1, 0.15) is 0 Å². The normalized spacial score (nSPS) is 11.4. The van der Waals surface area contributed by atoms with Crippen LogP contribution in [0, 0.1) is 0 Å². The molecule has 0 aromatic carbocycles. The molecule has 0 radical (unpaired) electrons. The molecule has 2 rings (SSSR count). The van der Waals surface area contributed by atoms with Gasteiger partial charge in [-0.2, -0.15) is 0 Å². The Kier molecular flexibility index (Phi) is 4.62. The highest BCUT2D eigenvalue weighted by molar-refractivity contribution is 7.09. The molecule has 0 aliphatic heterocycles. The van der Waals surface area contributed by atoms with Gasteiger partial charge in [0.2, 0.25) is 5.76 Å². The van der Waals surface area contributed by atoms with Crippen molar-refractivity contribution < 1.29 is 13.9 Å². The first-order chi connectivity index (χ1) is 9.90. The molecule has 0 unspecified atom stereocenters. The molecule has 6 nitrogen and oxygen atoms in total. The van der Waals surface area contributed by atoms with Gasteiger partial charge in [0.25, 0.3) is 6.01 Å². The maximum Gasteiger partial charge on any atom is 0.376 e. The molecule has 7 heteroatoms. The molecule has 0 atom stereocenters. The number of ether oxygens (including phenoxy) is 1. The maximum atomic E-state index is 11.5. The number of hydrogen-bond donors (Lipinski definition) is 1. The Bertz CT molecular complexity index is 613. The quantitative estimate of drug-likeness (QED) is 0.855. The number of carbonyl (C=O) groups is 1. The van der Waals surface area contributed by atoms with E-state index in [0.29, 0.717) is 13.2 Å². The van der Waals surface area contributed by atoms with Crippen LogP contribution in [-0.2, 0) is 16.7 Å². The lowest BCUT2D eigenvalue weighted by molar-refractivity contribution is 0.0491. The molecule has 0 saturated carbocycles. The largest absolute Gasteiger partial charge is 0.460 e. The first-order valence-corrected chi connectivity index (χ1v) is 7.60. The number of hydrogen-bond acceptors (Lipinski definition) is 7. The summed E-state index contributed by atoms with van der Waals surface area (Å²) < 4.78 is 10.1. The third-order valence-corrected chi connectivity index (χ3v) is 3.91. The van der Waals surface area contributed by atoms with Gasteiger partial charge in [0, 0.05) is 10.8 Å². The zero-order valence-corrected chi connectivity index (χ0v) is 13.4.